The topological polar surface area (TPSA) is 36.7 Å². The van der Waals surface area contributed by atoms with Crippen molar-refractivity contribution in [2.45, 2.75) is 13.1 Å². The molecule has 5 heteroatoms. The van der Waals surface area contributed by atoms with Gasteiger partial charge in [0.25, 0.3) is 0 Å². The Hall–Kier alpha value is -1.83. The average Bonchev–Trinajstić information content (AvgIpc) is 2.15. The van der Waals surface area contributed by atoms with Crippen molar-refractivity contribution in [2.75, 3.05) is 0 Å². The van der Waals surface area contributed by atoms with E-state index in [1.807, 2.05) is 0 Å². The summed E-state index contributed by atoms with van der Waals surface area (Å²) < 4.78 is 36.9. The number of rotatable bonds is 1. The van der Waals surface area contributed by atoms with Crippen molar-refractivity contribution in [2.24, 2.45) is 0 Å². The van der Waals surface area contributed by atoms with Crippen molar-refractivity contribution in [3.8, 4) is 6.07 Å². The summed E-state index contributed by atoms with van der Waals surface area (Å²) in [5, 5.41) is 8.55. The molecule has 0 aliphatic heterocycles. The van der Waals surface area contributed by atoms with E-state index in [0.717, 1.165) is 12.3 Å². The van der Waals surface area contributed by atoms with Gasteiger partial charge in [-0.2, -0.15) is 18.4 Å². The summed E-state index contributed by atoms with van der Waals surface area (Å²) in [6.07, 6.45) is -3.71. The van der Waals surface area contributed by atoms with Crippen molar-refractivity contribution in [1.82, 2.24) is 4.98 Å². The minimum atomic E-state index is -4.45. The number of hydrogen-bond acceptors (Lipinski definition) is 2. The molecule has 1 aromatic rings. The SMILES string of the molecule is C=C(C#N)c1cc(C(F)(F)F)cnc1C. The molecule has 0 fully saturated rings. The van der Waals surface area contributed by atoms with Gasteiger partial charge in [0.15, 0.2) is 0 Å². The van der Waals surface area contributed by atoms with Crippen LogP contribution in [0.4, 0.5) is 13.2 Å². The number of aryl methyl sites for hydroxylation is 1. The quantitative estimate of drug-likeness (QED) is 0.671. The van der Waals surface area contributed by atoms with E-state index < -0.39 is 11.7 Å². The predicted octanol–water partition coefficient (Wildman–Crippen LogP) is 2.95. The van der Waals surface area contributed by atoms with Crippen LogP contribution in [0.1, 0.15) is 16.8 Å². The van der Waals surface area contributed by atoms with Gasteiger partial charge >= 0.3 is 6.18 Å². The maximum absolute atomic E-state index is 12.3. The van der Waals surface area contributed by atoms with E-state index in [0.29, 0.717) is 5.69 Å². The molecule has 78 valence electrons. The van der Waals surface area contributed by atoms with Crippen LogP contribution in [-0.2, 0) is 6.18 Å². The third-order valence-electron chi connectivity index (χ3n) is 1.87. The molecule has 0 atom stereocenters. The molecule has 0 spiro atoms. The van der Waals surface area contributed by atoms with Crippen LogP contribution >= 0.6 is 0 Å². The summed E-state index contributed by atoms with van der Waals surface area (Å²) in [6.45, 7) is 4.88. The Balaban J connectivity index is 3.31. The second-order valence-electron chi connectivity index (χ2n) is 2.95. The summed E-state index contributed by atoms with van der Waals surface area (Å²) in [5.74, 6) is 0. The van der Waals surface area contributed by atoms with E-state index in [4.69, 9.17) is 5.26 Å². The van der Waals surface area contributed by atoms with Gasteiger partial charge in [-0.3, -0.25) is 4.98 Å². The second kappa shape index (κ2) is 3.73. The minimum absolute atomic E-state index is 0.0221. The highest BCUT2D eigenvalue weighted by molar-refractivity contribution is 5.76. The lowest BCUT2D eigenvalue weighted by molar-refractivity contribution is -0.137. The van der Waals surface area contributed by atoms with Crippen LogP contribution in [0, 0.1) is 18.3 Å². The van der Waals surface area contributed by atoms with Crippen molar-refractivity contribution >= 4 is 5.57 Å². The lowest BCUT2D eigenvalue weighted by Gasteiger charge is -2.09. The monoisotopic (exact) mass is 212 g/mol. The molecule has 0 N–H and O–H groups in total. The number of hydrogen-bond donors (Lipinski definition) is 0. The van der Waals surface area contributed by atoms with E-state index in [9.17, 15) is 13.2 Å². The van der Waals surface area contributed by atoms with Gasteiger partial charge in [0.2, 0.25) is 0 Å². The van der Waals surface area contributed by atoms with E-state index in [1.54, 1.807) is 6.07 Å². The molecule has 0 aromatic carbocycles. The smallest absolute Gasteiger partial charge is 0.260 e. The Kier molecular flexibility index (Phi) is 2.80. The van der Waals surface area contributed by atoms with Gasteiger partial charge in [0.05, 0.1) is 17.2 Å². The van der Waals surface area contributed by atoms with Gasteiger partial charge in [0, 0.05) is 17.5 Å². The van der Waals surface area contributed by atoms with Crippen LogP contribution < -0.4 is 0 Å². The first-order valence-electron chi connectivity index (χ1n) is 3.99. The molecule has 1 heterocycles. The third kappa shape index (κ3) is 2.34. The number of alkyl halides is 3. The summed E-state index contributed by atoms with van der Waals surface area (Å²) in [6, 6.07) is 2.58. The predicted molar refractivity (Wildman–Crippen MR) is 48.6 cm³/mol. The maximum atomic E-state index is 12.3. The van der Waals surface area contributed by atoms with Crippen molar-refractivity contribution in [3.63, 3.8) is 0 Å². The first-order valence-corrected chi connectivity index (χ1v) is 3.99. The number of aromatic nitrogens is 1. The Morgan fingerprint density at radius 1 is 1.53 bits per heavy atom. The fourth-order valence-corrected chi connectivity index (χ4v) is 1.05. The van der Waals surface area contributed by atoms with Crippen LogP contribution in [0.15, 0.2) is 18.8 Å². The van der Waals surface area contributed by atoms with Gasteiger partial charge in [-0.15, -0.1) is 0 Å². The fourth-order valence-electron chi connectivity index (χ4n) is 1.05. The number of halogens is 3. The molecule has 1 rings (SSSR count). The standard InChI is InChI=1S/C10H7F3N2/c1-6(4-14)9-3-8(10(11,12)13)5-15-7(9)2/h3,5H,1H2,2H3. The molecule has 0 saturated heterocycles. The largest absolute Gasteiger partial charge is 0.417 e. The van der Waals surface area contributed by atoms with Crippen molar-refractivity contribution < 1.29 is 13.2 Å². The zero-order valence-corrected chi connectivity index (χ0v) is 7.89. The van der Waals surface area contributed by atoms with Crippen LogP contribution in [0.25, 0.3) is 5.57 Å². The summed E-state index contributed by atoms with van der Waals surface area (Å²) >= 11 is 0. The maximum Gasteiger partial charge on any atom is 0.417 e. The number of nitriles is 1. The molecule has 0 unspecified atom stereocenters. The molecule has 0 aliphatic carbocycles. The highest BCUT2D eigenvalue weighted by atomic mass is 19.4. The molecule has 0 aliphatic rings. The molecule has 0 radical (unpaired) electrons. The van der Waals surface area contributed by atoms with Gasteiger partial charge in [-0.25, -0.2) is 0 Å². The summed E-state index contributed by atoms with van der Waals surface area (Å²) in [4.78, 5) is 3.58. The highest BCUT2D eigenvalue weighted by Crippen LogP contribution is 2.30. The van der Waals surface area contributed by atoms with Crippen LogP contribution in [-0.4, -0.2) is 4.98 Å². The Morgan fingerprint density at radius 3 is 2.60 bits per heavy atom. The number of nitrogens with zero attached hydrogens (tertiary/aromatic N) is 2. The second-order valence-corrected chi connectivity index (χ2v) is 2.95. The van der Waals surface area contributed by atoms with Gasteiger partial charge < -0.3 is 0 Å². The van der Waals surface area contributed by atoms with E-state index in [2.05, 4.69) is 11.6 Å². The zero-order valence-electron chi connectivity index (χ0n) is 7.89. The minimum Gasteiger partial charge on any atom is -0.260 e. The summed E-state index contributed by atoms with van der Waals surface area (Å²) in [5.41, 5.74) is -0.410. The van der Waals surface area contributed by atoms with Gasteiger partial charge in [-0.05, 0) is 13.0 Å². The molecule has 0 amide bonds. The van der Waals surface area contributed by atoms with E-state index in [1.165, 1.54) is 6.92 Å². The Morgan fingerprint density at radius 2 is 2.13 bits per heavy atom. The lowest BCUT2D eigenvalue weighted by atomic mass is 10.1. The molecule has 0 bridgehead atoms. The number of allylic oxidation sites excluding steroid dienone is 1. The van der Waals surface area contributed by atoms with Gasteiger partial charge in [0.1, 0.15) is 0 Å². The van der Waals surface area contributed by atoms with E-state index >= 15 is 0 Å². The van der Waals surface area contributed by atoms with Crippen molar-refractivity contribution in [1.29, 1.82) is 5.26 Å². The molecular formula is C10H7F3N2. The molecule has 2 nitrogen and oxygen atoms in total. The molecular weight excluding hydrogens is 205 g/mol. The lowest BCUT2D eigenvalue weighted by Crippen LogP contribution is -2.07. The van der Waals surface area contributed by atoms with Crippen LogP contribution in [0.5, 0.6) is 0 Å². The van der Waals surface area contributed by atoms with Crippen LogP contribution in [0.2, 0.25) is 0 Å². The first-order chi connectivity index (χ1) is 6.86. The molecule has 1 aromatic heterocycles. The normalized spacial score (nSPS) is 10.9. The Labute approximate surface area is 84.7 Å². The number of pyridine rings is 1. The van der Waals surface area contributed by atoms with Crippen molar-refractivity contribution in [3.05, 3.63) is 35.7 Å². The Bertz CT molecular complexity index is 441. The summed E-state index contributed by atoms with van der Waals surface area (Å²) in [7, 11) is 0. The molecule has 0 saturated carbocycles. The zero-order chi connectivity index (χ0) is 11.6. The third-order valence-corrected chi connectivity index (χ3v) is 1.87. The highest BCUT2D eigenvalue weighted by Gasteiger charge is 2.31. The first kappa shape index (κ1) is 11.2. The molecule has 15 heavy (non-hydrogen) atoms. The van der Waals surface area contributed by atoms with Gasteiger partial charge in [-0.1, -0.05) is 6.58 Å². The fraction of sp³-hybridized carbons (Fsp3) is 0.200. The van der Waals surface area contributed by atoms with E-state index in [-0.39, 0.29) is 11.1 Å². The average molecular weight is 212 g/mol. The van der Waals surface area contributed by atoms with Crippen LogP contribution in [0.3, 0.4) is 0 Å².